The van der Waals surface area contributed by atoms with Gasteiger partial charge in [0.05, 0.1) is 18.8 Å². The molecule has 1 aromatic carbocycles. The van der Waals surface area contributed by atoms with Gasteiger partial charge in [-0.2, -0.15) is 0 Å². The smallest absolute Gasteiger partial charge is 0.176 e. The average molecular weight is 331 g/mol. The summed E-state index contributed by atoms with van der Waals surface area (Å²) in [6.45, 7) is 9.70. The minimum atomic E-state index is -0.238. The number of furan rings is 1. The van der Waals surface area contributed by atoms with Crippen LogP contribution in [0.25, 0.3) is 11.0 Å². The number of benzene rings is 1. The van der Waals surface area contributed by atoms with Crippen molar-refractivity contribution in [1.82, 2.24) is 5.32 Å². The van der Waals surface area contributed by atoms with Gasteiger partial charge < -0.3 is 19.6 Å². The summed E-state index contributed by atoms with van der Waals surface area (Å²) in [6, 6.07) is 8.15. The topological polar surface area (TPSA) is 54.6 Å². The minimum absolute atomic E-state index is 0.0466. The predicted octanol–water partition coefficient (Wildman–Crippen LogP) is 4.28. The summed E-state index contributed by atoms with van der Waals surface area (Å²) in [5.41, 5.74) is 0.858. The molecule has 1 heterocycles. The van der Waals surface area contributed by atoms with E-state index in [9.17, 15) is 5.11 Å². The number of aliphatic hydroxyl groups excluding tert-OH is 1. The summed E-state index contributed by atoms with van der Waals surface area (Å²) in [5, 5.41) is 15.0. The van der Waals surface area contributed by atoms with Gasteiger partial charge in [0.1, 0.15) is 5.76 Å². The van der Waals surface area contributed by atoms with Crippen molar-refractivity contribution >= 4 is 11.0 Å². The maximum absolute atomic E-state index is 10.4. The van der Waals surface area contributed by atoms with E-state index in [-0.39, 0.29) is 17.6 Å². The second-order valence-corrected chi connectivity index (χ2v) is 7.41. The normalized spacial score (nSPS) is 18.8. The molecule has 0 bridgehead atoms. The zero-order valence-electron chi connectivity index (χ0n) is 15.1. The number of ether oxygens (including phenoxy) is 1. The molecule has 0 amide bonds. The van der Waals surface area contributed by atoms with E-state index in [4.69, 9.17) is 9.15 Å². The lowest BCUT2D eigenvalue weighted by molar-refractivity contribution is 0.0488. The van der Waals surface area contributed by atoms with Crippen molar-refractivity contribution in [2.24, 2.45) is 11.3 Å². The number of aliphatic hydroxyl groups is 1. The van der Waals surface area contributed by atoms with E-state index in [0.29, 0.717) is 12.5 Å². The van der Waals surface area contributed by atoms with Crippen LogP contribution >= 0.6 is 0 Å². The molecule has 0 radical (unpaired) electrons. The first-order chi connectivity index (χ1) is 11.5. The van der Waals surface area contributed by atoms with Crippen LogP contribution in [0.5, 0.6) is 5.75 Å². The van der Waals surface area contributed by atoms with Gasteiger partial charge in [-0.05, 0) is 44.7 Å². The van der Waals surface area contributed by atoms with Crippen molar-refractivity contribution in [2.75, 3.05) is 13.2 Å². The van der Waals surface area contributed by atoms with Crippen molar-refractivity contribution < 1.29 is 14.3 Å². The fourth-order valence-electron chi connectivity index (χ4n) is 3.44. The Morgan fingerprint density at radius 3 is 2.67 bits per heavy atom. The van der Waals surface area contributed by atoms with E-state index in [2.05, 4.69) is 32.2 Å². The fourth-order valence-corrected chi connectivity index (χ4v) is 3.44. The van der Waals surface area contributed by atoms with Crippen LogP contribution in [-0.4, -0.2) is 24.4 Å². The van der Waals surface area contributed by atoms with Gasteiger partial charge in [0, 0.05) is 17.3 Å². The van der Waals surface area contributed by atoms with Crippen molar-refractivity contribution in [2.45, 2.75) is 52.7 Å². The third-order valence-electron chi connectivity index (χ3n) is 5.17. The van der Waals surface area contributed by atoms with E-state index >= 15 is 0 Å². The summed E-state index contributed by atoms with van der Waals surface area (Å²) in [7, 11) is 0. The highest BCUT2D eigenvalue weighted by molar-refractivity contribution is 5.83. The number of fused-ring (bicyclic) bond motifs is 1. The van der Waals surface area contributed by atoms with Gasteiger partial charge >= 0.3 is 0 Å². The monoisotopic (exact) mass is 331 g/mol. The lowest BCUT2D eigenvalue weighted by atomic mass is 9.90. The Morgan fingerprint density at radius 1 is 1.29 bits per heavy atom. The first-order valence-electron chi connectivity index (χ1n) is 9.03. The van der Waals surface area contributed by atoms with Crippen LogP contribution in [0, 0.1) is 11.3 Å². The Hall–Kier alpha value is -1.52. The summed E-state index contributed by atoms with van der Waals surface area (Å²) in [6.07, 6.45) is 1.96. The molecule has 0 saturated heterocycles. The second kappa shape index (κ2) is 6.77. The molecule has 1 aliphatic carbocycles. The maximum atomic E-state index is 10.4. The molecule has 1 saturated carbocycles. The van der Waals surface area contributed by atoms with Crippen molar-refractivity contribution in [1.29, 1.82) is 0 Å². The number of nitrogens with one attached hydrogen (secondary N) is 1. The second-order valence-electron chi connectivity index (χ2n) is 7.41. The lowest BCUT2D eigenvalue weighted by Crippen LogP contribution is -2.37. The molecule has 3 rings (SSSR count). The standard InChI is InChI=1S/C20H29NO3/c1-5-23-16-8-6-7-15-11-17(24-18(15)16)14(4)21-12-20(9-10-20)19(22)13(2)3/h6-8,11,13-14,19,21-22H,5,9-10,12H2,1-4H3/t14-,19+/m0/s1. The van der Waals surface area contributed by atoms with Gasteiger partial charge in [0.15, 0.2) is 11.3 Å². The number of hydrogen-bond donors (Lipinski definition) is 2. The quantitative estimate of drug-likeness (QED) is 0.758. The average Bonchev–Trinajstić information content (AvgIpc) is 3.22. The Bertz CT molecular complexity index is 687. The van der Waals surface area contributed by atoms with Crippen LogP contribution in [0.4, 0.5) is 0 Å². The summed E-state index contributed by atoms with van der Waals surface area (Å²) in [4.78, 5) is 0. The zero-order chi connectivity index (χ0) is 17.3. The zero-order valence-corrected chi connectivity index (χ0v) is 15.1. The summed E-state index contributed by atoms with van der Waals surface area (Å²) < 4.78 is 11.7. The Kier molecular flexibility index (Phi) is 4.88. The molecule has 2 atom stereocenters. The van der Waals surface area contributed by atoms with Crippen LogP contribution in [0.3, 0.4) is 0 Å². The highest BCUT2D eigenvalue weighted by Crippen LogP contribution is 2.50. The Morgan fingerprint density at radius 2 is 2.04 bits per heavy atom. The van der Waals surface area contributed by atoms with Crippen molar-refractivity contribution in [3.8, 4) is 5.75 Å². The predicted molar refractivity (Wildman–Crippen MR) is 96.3 cm³/mol. The molecule has 4 nitrogen and oxygen atoms in total. The summed E-state index contributed by atoms with van der Waals surface area (Å²) in [5.74, 6) is 2.00. The largest absolute Gasteiger partial charge is 0.490 e. The van der Waals surface area contributed by atoms with Gasteiger partial charge in [0.25, 0.3) is 0 Å². The number of hydrogen-bond acceptors (Lipinski definition) is 4. The third-order valence-corrected chi connectivity index (χ3v) is 5.17. The first-order valence-corrected chi connectivity index (χ1v) is 9.03. The van der Waals surface area contributed by atoms with Gasteiger partial charge in [-0.1, -0.05) is 26.0 Å². The van der Waals surface area contributed by atoms with Crippen LogP contribution < -0.4 is 10.1 Å². The van der Waals surface area contributed by atoms with E-state index in [1.54, 1.807) is 0 Å². The molecule has 2 aromatic rings. The lowest BCUT2D eigenvalue weighted by Gasteiger charge is -2.27. The van der Waals surface area contributed by atoms with Gasteiger partial charge in [-0.15, -0.1) is 0 Å². The van der Waals surface area contributed by atoms with E-state index < -0.39 is 0 Å². The van der Waals surface area contributed by atoms with E-state index in [1.807, 2.05) is 25.1 Å². The van der Waals surface area contributed by atoms with Crippen molar-refractivity contribution in [3.05, 3.63) is 30.0 Å². The van der Waals surface area contributed by atoms with Gasteiger partial charge in [-0.3, -0.25) is 0 Å². The number of para-hydroxylation sites is 1. The third kappa shape index (κ3) is 3.31. The molecule has 4 heteroatoms. The molecule has 0 aliphatic heterocycles. The SMILES string of the molecule is CCOc1cccc2cc([C@H](C)NCC3([C@H](O)C(C)C)CC3)oc12. The first kappa shape index (κ1) is 17.3. The number of rotatable bonds is 8. The van der Waals surface area contributed by atoms with Crippen molar-refractivity contribution in [3.63, 3.8) is 0 Å². The molecule has 24 heavy (non-hydrogen) atoms. The minimum Gasteiger partial charge on any atom is -0.490 e. The maximum Gasteiger partial charge on any atom is 0.176 e. The van der Waals surface area contributed by atoms with Crippen LogP contribution in [-0.2, 0) is 0 Å². The molecule has 1 aliphatic rings. The molecule has 0 unspecified atom stereocenters. The van der Waals surface area contributed by atoms with Crippen LogP contribution in [0.1, 0.15) is 52.3 Å². The summed E-state index contributed by atoms with van der Waals surface area (Å²) >= 11 is 0. The van der Waals surface area contributed by atoms with E-state index in [0.717, 1.165) is 41.9 Å². The molecule has 2 N–H and O–H groups in total. The van der Waals surface area contributed by atoms with E-state index in [1.165, 1.54) is 0 Å². The Balaban J connectivity index is 1.70. The van der Waals surface area contributed by atoms with Crippen LogP contribution in [0.2, 0.25) is 0 Å². The highest BCUT2D eigenvalue weighted by atomic mass is 16.5. The molecular weight excluding hydrogens is 302 g/mol. The van der Waals surface area contributed by atoms with Gasteiger partial charge in [0.2, 0.25) is 0 Å². The molecule has 1 aromatic heterocycles. The fraction of sp³-hybridized carbons (Fsp3) is 0.600. The molecule has 0 spiro atoms. The van der Waals surface area contributed by atoms with Gasteiger partial charge in [-0.25, -0.2) is 0 Å². The molecule has 1 fully saturated rings. The van der Waals surface area contributed by atoms with Crippen LogP contribution in [0.15, 0.2) is 28.7 Å². The highest BCUT2D eigenvalue weighted by Gasteiger charge is 2.49. The molecule has 132 valence electrons. The molecular formula is C20H29NO3. The Labute approximate surface area is 144 Å².